The first-order valence-electron chi connectivity index (χ1n) is 10.3. The summed E-state index contributed by atoms with van der Waals surface area (Å²) in [6.07, 6.45) is 4.26. The van der Waals surface area contributed by atoms with Gasteiger partial charge in [0.15, 0.2) is 5.96 Å². The highest BCUT2D eigenvalue weighted by Gasteiger charge is 2.44. The van der Waals surface area contributed by atoms with Crippen LogP contribution in [0.2, 0.25) is 0 Å². The summed E-state index contributed by atoms with van der Waals surface area (Å²) >= 11 is 0. The van der Waals surface area contributed by atoms with E-state index in [9.17, 15) is 0 Å². The number of aromatic amines is 1. The third-order valence-electron chi connectivity index (χ3n) is 5.81. The van der Waals surface area contributed by atoms with Gasteiger partial charge < -0.3 is 19.9 Å². The molecule has 0 bridgehead atoms. The topological polar surface area (TPSA) is 65.5 Å². The van der Waals surface area contributed by atoms with Gasteiger partial charge in [-0.3, -0.25) is 4.99 Å². The van der Waals surface area contributed by atoms with Gasteiger partial charge in [0.1, 0.15) is 11.6 Å². The second-order valence-corrected chi connectivity index (χ2v) is 7.88. The number of rotatable bonds is 7. The van der Waals surface area contributed by atoms with Gasteiger partial charge in [0.2, 0.25) is 0 Å². The van der Waals surface area contributed by atoms with Gasteiger partial charge in [-0.05, 0) is 36.1 Å². The van der Waals surface area contributed by atoms with Gasteiger partial charge in [-0.15, -0.1) is 24.0 Å². The number of ether oxygens (including phenoxy) is 1. The Balaban J connectivity index is 0.00000272. The van der Waals surface area contributed by atoms with Gasteiger partial charge in [0, 0.05) is 26.1 Å². The summed E-state index contributed by atoms with van der Waals surface area (Å²) in [5, 5.41) is 3.56. The standard InChI is InChI=1S/C24H29N5O.HI/c1-25-23(27-17-24(13-14-24)19-9-11-20(30-3)12-10-19)29(2)16-22-26-15-21(28-22)18-7-5-4-6-8-18;/h4-12,15H,13-14,16-17H2,1-3H3,(H,25,27)(H,26,28);1H. The van der Waals surface area contributed by atoms with Crippen molar-refractivity contribution >= 4 is 29.9 Å². The molecule has 6 nitrogen and oxygen atoms in total. The van der Waals surface area contributed by atoms with Crippen LogP contribution < -0.4 is 10.1 Å². The van der Waals surface area contributed by atoms with E-state index >= 15 is 0 Å². The molecule has 1 saturated carbocycles. The average molecular weight is 531 g/mol. The molecule has 164 valence electrons. The number of imidazole rings is 1. The highest BCUT2D eigenvalue weighted by Crippen LogP contribution is 2.47. The molecule has 7 heteroatoms. The number of hydrogen-bond acceptors (Lipinski definition) is 3. The van der Waals surface area contributed by atoms with Crippen molar-refractivity contribution in [1.29, 1.82) is 0 Å². The molecule has 3 aromatic rings. The van der Waals surface area contributed by atoms with Crippen molar-refractivity contribution in [2.45, 2.75) is 24.8 Å². The van der Waals surface area contributed by atoms with Gasteiger partial charge in [0.25, 0.3) is 0 Å². The molecule has 0 radical (unpaired) electrons. The lowest BCUT2D eigenvalue weighted by molar-refractivity contribution is 0.414. The molecule has 1 fully saturated rings. The SMILES string of the molecule is CN=C(NCC1(c2ccc(OC)cc2)CC1)N(C)Cc1ncc(-c2ccccc2)[nH]1.I. The number of guanidine groups is 1. The van der Waals surface area contributed by atoms with E-state index in [-0.39, 0.29) is 29.4 Å². The lowest BCUT2D eigenvalue weighted by Gasteiger charge is -2.24. The predicted octanol–water partition coefficient (Wildman–Crippen LogP) is 4.44. The third kappa shape index (κ3) is 5.39. The molecule has 0 spiro atoms. The molecule has 0 atom stereocenters. The van der Waals surface area contributed by atoms with Crippen LogP contribution >= 0.6 is 24.0 Å². The largest absolute Gasteiger partial charge is 0.497 e. The summed E-state index contributed by atoms with van der Waals surface area (Å²) in [5.74, 6) is 2.68. The lowest BCUT2D eigenvalue weighted by atomic mass is 9.96. The van der Waals surface area contributed by atoms with Gasteiger partial charge in [-0.1, -0.05) is 42.5 Å². The maximum atomic E-state index is 5.29. The zero-order valence-electron chi connectivity index (χ0n) is 18.3. The Morgan fingerprint density at radius 3 is 2.48 bits per heavy atom. The Bertz CT molecular complexity index is 996. The van der Waals surface area contributed by atoms with Crippen molar-refractivity contribution in [3.63, 3.8) is 0 Å². The Hall–Kier alpha value is -2.55. The van der Waals surface area contributed by atoms with E-state index in [1.165, 1.54) is 18.4 Å². The van der Waals surface area contributed by atoms with Gasteiger partial charge in [-0.2, -0.15) is 0 Å². The van der Waals surface area contributed by atoms with Gasteiger partial charge in [-0.25, -0.2) is 4.98 Å². The van der Waals surface area contributed by atoms with Crippen molar-refractivity contribution in [1.82, 2.24) is 20.2 Å². The van der Waals surface area contributed by atoms with Crippen LogP contribution in [0.4, 0.5) is 0 Å². The molecule has 0 saturated heterocycles. The number of halogens is 1. The molecule has 31 heavy (non-hydrogen) atoms. The van der Waals surface area contributed by atoms with Gasteiger partial charge >= 0.3 is 0 Å². The van der Waals surface area contributed by atoms with E-state index in [4.69, 9.17) is 4.74 Å². The molecule has 0 aliphatic heterocycles. The molecule has 1 aliphatic carbocycles. The Morgan fingerprint density at radius 1 is 1.16 bits per heavy atom. The zero-order chi connectivity index (χ0) is 21.0. The number of aliphatic imine (C=N–C) groups is 1. The summed E-state index contributed by atoms with van der Waals surface area (Å²) in [7, 11) is 5.56. The van der Waals surface area contributed by atoms with Crippen LogP contribution in [-0.4, -0.2) is 48.6 Å². The molecule has 4 rings (SSSR count). The smallest absolute Gasteiger partial charge is 0.193 e. The molecule has 2 aromatic carbocycles. The van der Waals surface area contributed by atoms with Crippen molar-refractivity contribution < 1.29 is 4.74 Å². The molecular formula is C24H30IN5O. The summed E-state index contributed by atoms with van der Waals surface area (Å²) in [6, 6.07) is 18.7. The number of H-pyrrole nitrogens is 1. The van der Waals surface area contributed by atoms with E-state index in [1.807, 2.05) is 50.6 Å². The quantitative estimate of drug-likeness (QED) is 0.269. The number of hydrogen-bond donors (Lipinski definition) is 2. The Kier molecular flexibility index (Phi) is 7.59. The summed E-state index contributed by atoms with van der Waals surface area (Å²) in [5.41, 5.74) is 3.70. The summed E-state index contributed by atoms with van der Waals surface area (Å²) in [6.45, 7) is 1.52. The molecule has 2 N–H and O–H groups in total. The summed E-state index contributed by atoms with van der Waals surface area (Å²) in [4.78, 5) is 14.5. The first kappa shape index (κ1) is 23.1. The van der Waals surface area contributed by atoms with E-state index < -0.39 is 0 Å². The fourth-order valence-electron chi connectivity index (χ4n) is 3.80. The molecular weight excluding hydrogens is 501 g/mol. The van der Waals surface area contributed by atoms with Crippen molar-refractivity contribution in [2.24, 2.45) is 4.99 Å². The van der Waals surface area contributed by atoms with E-state index in [0.29, 0.717) is 6.54 Å². The number of methoxy groups -OCH3 is 1. The monoisotopic (exact) mass is 531 g/mol. The third-order valence-corrected chi connectivity index (χ3v) is 5.81. The van der Waals surface area contributed by atoms with Crippen molar-refractivity contribution in [2.75, 3.05) is 27.7 Å². The molecule has 1 aromatic heterocycles. The molecule has 1 aliphatic rings. The zero-order valence-corrected chi connectivity index (χ0v) is 20.6. The first-order valence-corrected chi connectivity index (χ1v) is 10.3. The van der Waals surface area contributed by atoms with E-state index in [0.717, 1.165) is 35.3 Å². The van der Waals surface area contributed by atoms with Crippen LogP contribution in [0.15, 0.2) is 65.8 Å². The fourth-order valence-corrected chi connectivity index (χ4v) is 3.80. The molecule has 0 amide bonds. The van der Waals surface area contributed by atoms with Crippen LogP contribution in [-0.2, 0) is 12.0 Å². The highest BCUT2D eigenvalue weighted by molar-refractivity contribution is 14.0. The van der Waals surface area contributed by atoms with Crippen LogP contribution in [0.25, 0.3) is 11.3 Å². The number of nitrogens with zero attached hydrogens (tertiary/aromatic N) is 3. The number of aromatic nitrogens is 2. The minimum Gasteiger partial charge on any atom is -0.497 e. The summed E-state index contributed by atoms with van der Waals surface area (Å²) < 4.78 is 5.29. The Morgan fingerprint density at radius 2 is 1.87 bits per heavy atom. The maximum Gasteiger partial charge on any atom is 0.193 e. The second kappa shape index (κ2) is 10.2. The van der Waals surface area contributed by atoms with Crippen molar-refractivity contribution in [3.8, 4) is 17.0 Å². The van der Waals surface area contributed by atoms with E-state index in [1.54, 1.807) is 7.11 Å². The molecule has 0 unspecified atom stereocenters. The van der Waals surface area contributed by atoms with Gasteiger partial charge in [0.05, 0.1) is 25.5 Å². The predicted molar refractivity (Wildman–Crippen MR) is 136 cm³/mol. The van der Waals surface area contributed by atoms with Crippen LogP contribution in [0.5, 0.6) is 5.75 Å². The number of nitrogens with one attached hydrogen (secondary N) is 2. The van der Waals surface area contributed by atoms with Crippen LogP contribution in [0.3, 0.4) is 0 Å². The van der Waals surface area contributed by atoms with Crippen LogP contribution in [0, 0.1) is 0 Å². The van der Waals surface area contributed by atoms with Crippen LogP contribution in [0.1, 0.15) is 24.2 Å². The highest BCUT2D eigenvalue weighted by atomic mass is 127. The maximum absolute atomic E-state index is 5.29. The fraction of sp³-hybridized carbons (Fsp3) is 0.333. The minimum atomic E-state index is 0. The van der Waals surface area contributed by atoms with Crippen molar-refractivity contribution in [3.05, 3.63) is 72.2 Å². The lowest BCUT2D eigenvalue weighted by Crippen LogP contribution is -2.42. The number of benzene rings is 2. The van der Waals surface area contributed by atoms with E-state index in [2.05, 4.69) is 49.4 Å². The minimum absolute atomic E-state index is 0. The average Bonchev–Trinajstić information content (AvgIpc) is 3.44. The first-order chi connectivity index (χ1) is 14.6. The Labute approximate surface area is 201 Å². The normalized spacial score (nSPS) is 14.5. The molecule has 1 heterocycles. The second-order valence-electron chi connectivity index (χ2n) is 7.88.